The second-order valence-corrected chi connectivity index (χ2v) is 13.9. The number of alkyl halides is 1. The summed E-state index contributed by atoms with van der Waals surface area (Å²) >= 11 is 6.33. The first kappa shape index (κ1) is 34.3. The van der Waals surface area contributed by atoms with E-state index in [4.69, 9.17) is 23.1 Å². The van der Waals surface area contributed by atoms with Crippen LogP contribution in [0, 0.1) is 11.7 Å². The molecule has 1 aliphatic carbocycles. The molecular formula is C37H46ClF2N7O. The van der Waals surface area contributed by atoms with Crippen LogP contribution in [0.5, 0.6) is 0 Å². The SMILES string of the molecule is CC(N)=NCC[C@@H]1CCC[C@@H](c2ccc(-n3cc4cc(-c5cc(CCC[C@@H](N)C6CC6)cc(Cl)c5F)[nH]c4nc3=O)cc2)N1CCCF. The number of piperidine rings is 1. The highest BCUT2D eigenvalue weighted by atomic mass is 35.5. The molecule has 11 heteroatoms. The van der Waals surface area contributed by atoms with Gasteiger partial charge in [-0.2, -0.15) is 4.98 Å². The molecule has 2 fully saturated rings. The summed E-state index contributed by atoms with van der Waals surface area (Å²) in [5.41, 5.74) is 15.6. The summed E-state index contributed by atoms with van der Waals surface area (Å²) in [5, 5.41) is 0.736. The molecule has 2 aromatic carbocycles. The van der Waals surface area contributed by atoms with Gasteiger partial charge in [0.2, 0.25) is 0 Å². The van der Waals surface area contributed by atoms with Gasteiger partial charge in [0.05, 0.1) is 28.9 Å². The van der Waals surface area contributed by atoms with Gasteiger partial charge in [0, 0.05) is 48.4 Å². The number of aliphatic imine (C=N–C) groups is 1. The van der Waals surface area contributed by atoms with Gasteiger partial charge in [0.25, 0.3) is 0 Å². The molecule has 3 atom stereocenters. The van der Waals surface area contributed by atoms with Crippen LogP contribution in [0.3, 0.4) is 0 Å². The fourth-order valence-corrected chi connectivity index (χ4v) is 7.48. The van der Waals surface area contributed by atoms with Crippen LogP contribution in [-0.4, -0.2) is 57.1 Å². The number of nitrogens with two attached hydrogens (primary N) is 2. The highest BCUT2D eigenvalue weighted by Crippen LogP contribution is 2.37. The lowest BCUT2D eigenvalue weighted by molar-refractivity contribution is 0.0748. The first-order valence-electron chi connectivity index (χ1n) is 17.3. The van der Waals surface area contributed by atoms with Crippen LogP contribution >= 0.6 is 11.6 Å². The topological polar surface area (TPSA) is 118 Å². The van der Waals surface area contributed by atoms with Crippen LogP contribution < -0.4 is 17.2 Å². The maximum atomic E-state index is 15.3. The van der Waals surface area contributed by atoms with Crippen LogP contribution in [0.25, 0.3) is 28.0 Å². The molecule has 8 nitrogen and oxygen atoms in total. The van der Waals surface area contributed by atoms with Crippen molar-refractivity contribution in [1.82, 2.24) is 19.4 Å². The number of aromatic nitrogens is 3. The zero-order valence-corrected chi connectivity index (χ0v) is 28.4. The molecular weight excluding hydrogens is 632 g/mol. The Morgan fingerprint density at radius 1 is 1.15 bits per heavy atom. The molecule has 0 unspecified atom stereocenters. The second-order valence-electron chi connectivity index (χ2n) is 13.5. The summed E-state index contributed by atoms with van der Waals surface area (Å²) < 4.78 is 30.1. The average Bonchev–Trinajstić information content (AvgIpc) is 3.85. The van der Waals surface area contributed by atoms with Crippen LogP contribution in [0.1, 0.15) is 81.9 Å². The van der Waals surface area contributed by atoms with E-state index in [2.05, 4.69) is 19.9 Å². The monoisotopic (exact) mass is 677 g/mol. The van der Waals surface area contributed by atoms with Gasteiger partial charge in [0.15, 0.2) is 5.82 Å². The molecule has 2 aliphatic rings. The third-order valence-electron chi connectivity index (χ3n) is 9.93. The van der Waals surface area contributed by atoms with Gasteiger partial charge < -0.3 is 16.5 Å². The Bertz CT molecular complexity index is 1800. The van der Waals surface area contributed by atoms with Crippen LogP contribution in [-0.2, 0) is 6.42 Å². The number of nitrogens with one attached hydrogen (secondary N) is 1. The van der Waals surface area contributed by atoms with Crippen molar-refractivity contribution < 1.29 is 8.78 Å². The second kappa shape index (κ2) is 15.3. The fraction of sp³-hybridized carbons (Fsp3) is 0.486. The Hall–Kier alpha value is -3.60. The Morgan fingerprint density at radius 3 is 2.67 bits per heavy atom. The molecule has 1 saturated heterocycles. The van der Waals surface area contributed by atoms with E-state index in [-0.39, 0.29) is 23.8 Å². The number of amidine groups is 1. The van der Waals surface area contributed by atoms with Crippen molar-refractivity contribution in [3.05, 3.63) is 81.1 Å². The number of hydrogen-bond donors (Lipinski definition) is 3. The third kappa shape index (κ3) is 7.98. The lowest BCUT2D eigenvalue weighted by Gasteiger charge is -2.42. The van der Waals surface area contributed by atoms with Gasteiger partial charge in [-0.15, -0.1) is 0 Å². The van der Waals surface area contributed by atoms with Crippen molar-refractivity contribution in [3.8, 4) is 16.9 Å². The highest BCUT2D eigenvalue weighted by Gasteiger charge is 2.31. The lowest BCUT2D eigenvalue weighted by atomic mass is 9.89. The molecule has 5 N–H and O–H groups in total. The number of nitrogens with zero attached hydrogens (tertiary/aromatic N) is 4. The third-order valence-corrected chi connectivity index (χ3v) is 10.2. The standard InChI is InChI=1S/C37H46ClF2N7O/c1-23(41)43-17-15-28-6-3-8-34(46(28)18-4-16-39)26-11-13-29(14-12-26)47-22-27-21-33(44-36(27)45-37(47)48)30-19-24(20-31(38)35(30)40)5-2-7-32(42)25-9-10-25/h11-14,19-22,25,28,32,34H,2-10,15-18,42H2,1H3,(H2,41,43)(H,44,45,48)/t28-,32+,34-/m0/s1. The van der Waals surface area contributed by atoms with Gasteiger partial charge in [-0.3, -0.25) is 18.8 Å². The maximum absolute atomic E-state index is 15.3. The van der Waals surface area contributed by atoms with Crippen LogP contribution in [0.2, 0.25) is 5.02 Å². The van der Waals surface area contributed by atoms with E-state index in [1.54, 1.807) is 25.3 Å². The number of benzene rings is 2. The van der Waals surface area contributed by atoms with E-state index in [0.29, 0.717) is 65.3 Å². The largest absolute Gasteiger partial charge is 0.388 e. The fourth-order valence-electron chi connectivity index (χ4n) is 7.24. The first-order valence-corrected chi connectivity index (χ1v) is 17.6. The molecule has 1 aliphatic heterocycles. The molecule has 48 heavy (non-hydrogen) atoms. The van der Waals surface area contributed by atoms with Crippen molar-refractivity contribution in [3.63, 3.8) is 0 Å². The predicted molar refractivity (Wildman–Crippen MR) is 190 cm³/mol. The molecule has 0 amide bonds. The van der Waals surface area contributed by atoms with Crippen LogP contribution in [0.15, 0.2) is 58.4 Å². The lowest BCUT2D eigenvalue weighted by Crippen LogP contribution is -2.43. The Morgan fingerprint density at radius 2 is 1.94 bits per heavy atom. The zero-order chi connectivity index (χ0) is 33.8. The molecule has 0 radical (unpaired) electrons. The summed E-state index contributed by atoms with van der Waals surface area (Å²) in [6, 6.07) is 13.9. The van der Waals surface area contributed by atoms with E-state index in [1.165, 1.54) is 17.4 Å². The maximum Gasteiger partial charge on any atom is 0.354 e. The van der Waals surface area contributed by atoms with Crippen molar-refractivity contribution in [2.45, 2.75) is 89.3 Å². The average molecular weight is 678 g/mol. The van der Waals surface area contributed by atoms with Gasteiger partial charge >= 0.3 is 5.69 Å². The Kier molecular flexibility index (Phi) is 10.9. The number of hydrogen-bond acceptors (Lipinski definition) is 5. The van der Waals surface area contributed by atoms with Gasteiger partial charge in [-0.05, 0) is 119 Å². The Balaban J connectivity index is 1.21. The Labute approximate surface area is 285 Å². The smallest absolute Gasteiger partial charge is 0.354 e. The van der Waals surface area contributed by atoms with Crippen molar-refractivity contribution in [1.29, 1.82) is 0 Å². The number of H-pyrrole nitrogens is 1. The quantitative estimate of drug-likeness (QED) is 0.0960. The van der Waals surface area contributed by atoms with E-state index in [9.17, 15) is 9.18 Å². The molecule has 2 aromatic heterocycles. The van der Waals surface area contributed by atoms with E-state index < -0.39 is 11.5 Å². The van der Waals surface area contributed by atoms with Crippen molar-refractivity contribution in [2.24, 2.45) is 22.4 Å². The number of aromatic amines is 1. The summed E-state index contributed by atoms with van der Waals surface area (Å²) in [4.78, 5) is 27.4. The number of fused-ring (bicyclic) bond motifs is 1. The van der Waals surface area contributed by atoms with Gasteiger partial charge in [0.1, 0.15) is 5.65 Å². The number of likely N-dealkylation sites (tertiary alicyclic amines) is 1. The minimum Gasteiger partial charge on any atom is -0.388 e. The predicted octanol–water partition coefficient (Wildman–Crippen LogP) is 7.26. The van der Waals surface area contributed by atoms with Crippen molar-refractivity contribution >= 4 is 28.5 Å². The summed E-state index contributed by atoms with van der Waals surface area (Å²) in [6.45, 7) is 2.78. The normalized spacial score (nSPS) is 19.6. The van der Waals surface area contributed by atoms with Crippen molar-refractivity contribution in [2.75, 3.05) is 19.8 Å². The summed E-state index contributed by atoms with van der Waals surface area (Å²) in [5.74, 6) is 0.710. The molecule has 4 aromatic rings. The molecule has 3 heterocycles. The van der Waals surface area contributed by atoms with Gasteiger partial charge in [-0.25, -0.2) is 9.18 Å². The zero-order valence-electron chi connectivity index (χ0n) is 27.6. The minimum atomic E-state index is -0.514. The number of aryl methyl sites for hydroxylation is 1. The molecule has 0 bridgehead atoms. The molecule has 6 rings (SSSR count). The molecule has 0 spiro atoms. The summed E-state index contributed by atoms with van der Waals surface area (Å²) in [6.07, 6.45) is 11.2. The summed E-state index contributed by atoms with van der Waals surface area (Å²) in [7, 11) is 0. The minimum absolute atomic E-state index is 0.0620. The van der Waals surface area contributed by atoms with Crippen LogP contribution in [0.4, 0.5) is 8.78 Å². The van der Waals surface area contributed by atoms with Gasteiger partial charge in [-0.1, -0.05) is 23.7 Å². The van der Waals surface area contributed by atoms with E-state index >= 15 is 4.39 Å². The molecule has 1 saturated carbocycles. The molecule has 256 valence electrons. The van der Waals surface area contributed by atoms with E-state index in [1.807, 2.05) is 30.3 Å². The highest BCUT2D eigenvalue weighted by molar-refractivity contribution is 6.31. The number of rotatable bonds is 14. The van der Waals surface area contributed by atoms with E-state index in [0.717, 1.165) is 56.1 Å². The number of halogens is 3. The first-order chi connectivity index (χ1) is 23.2.